The number of benzene rings is 1. The van der Waals surface area contributed by atoms with Gasteiger partial charge in [0.25, 0.3) is 5.91 Å². The first-order chi connectivity index (χ1) is 13.0. The molecule has 1 aliphatic heterocycles. The maximum atomic E-state index is 13.5. The standard InChI is InChI=1S/C21H26N4O2/c1-14(2)13-24-12-10-16-17(7-6-9-18(16)24)21(26)25-11-5-4-8-19(25)20-22-15(3)27-23-20/h6-7,9-10,12,14,19H,4-5,8,11,13H2,1-3H3. The van der Waals surface area contributed by atoms with Crippen LogP contribution in [0.15, 0.2) is 35.0 Å². The van der Waals surface area contributed by atoms with E-state index in [-0.39, 0.29) is 11.9 Å². The number of hydrogen-bond donors (Lipinski definition) is 0. The molecule has 1 aromatic carbocycles. The van der Waals surface area contributed by atoms with Gasteiger partial charge in [-0.05, 0) is 43.4 Å². The molecule has 4 rings (SSSR count). The molecule has 0 aliphatic carbocycles. The quantitative estimate of drug-likeness (QED) is 0.688. The lowest BCUT2D eigenvalue weighted by Gasteiger charge is -2.34. The van der Waals surface area contributed by atoms with Crippen molar-refractivity contribution in [3.8, 4) is 0 Å². The Morgan fingerprint density at radius 3 is 2.89 bits per heavy atom. The van der Waals surface area contributed by atoms with E-state index >= 15 is 0 Å². The smallest absolute Gasteiger partial charge is 0.255 e. The minimum Gasteiger partial charge on any atom is -0.347 e. The van der Waals surface area contributed by atoms with Crippen LogP contribution in [0.5, 0.6) is 0 Å². The van der Waals surface area contributed by atoms with Crippen LogP contribution in [0.3, 0.4) is 0 Å². The van der Waals surface area contributed by atoms with Crippen molar-refractivity contribution in [2.45, 2.75) is 52.6 Å². The summed E-state index contributed by atoms with van der Waals surface area (Å²) in [5.74, 6) is 1.75. The Labute approximate surface area is 159 Å². The zero-order chi connectivity index (χ0) is 19.0. The van der Waals surface area contributed by atoms with Crippen LogP contribution >= 0.6 is 0 Å². The monoisotopic (exact) mass is 366 g/mol. The molecule has 3 aromatic rings. The third kappa shape index (κ3) is 3.36. The summed E-state index contributed by atoms with van der Waals surface area (Å²) in [7, 11) is 0. The summed E-state index contributed by atoms with van der Waals surface area (Å²) in [5, 5.41) is 5.09. The molecule has 1 amide bonds. The van der Waals surface area contributed by atoms with Crippen LogP contribution in [0, 0.1) is 12.8 Å². The number of fused-ring (bicyclic) bond motifs is 1. The molecule has 0 radical (unpaired) electrons. The largest absolute Gasteiger partial charge is 0.347 e. The Kier molecular flexibility index (Phi) is 4.72. The predicted molar refractivity (Wildman–Crippen MR) is 103 cm³/mol. The molecular formula is C21H26N4O2. The summed E-state index contributed by atoms with van der Waals surface area (Å²) in [6.45, 7) is 7.84. The number of carbonyl (C=O) groups excluding carboxylic acids is 1. The molecule has 1 atom stereocenters. The van der Waals surface area contributed by atoms with E-state index in [0.29, 0.717) is 17.6 Å². The first-order valence-corrected chi connectivity index (χ1v) is 9.73. The van der Waals surface area contributed by atoms with Crippen molar-refractivity contribution in [1.82, 2.24) is 19.6 Å². The Balaban J connectivity index is 1.69. The van der Waals surface area contributed by atoms with Crippen LogP contribution in [0.25, 0.3) is 10.9 Å². The van der Waals surface area contributed by atoms with Gasteiger partial charge in [-0.3, -0.25) is 4.79 Å². The SMILES string of the molecule is Cc1nc(C2CCCCN2C(=O)c2cccc3c2ccn3CC(C)C)no1. The molecule has 1 unspecified atom stereocenters. The zero-order valence-electron chi connectivity index (χ0n) is 16.2. The van der Waals surface area contributed by atoms with Crippen LogP contribution in [-0.2, 0) is 6.54 Å². The van der Waals surface area contributed by atoms with Gasteiger partial charge in [0.05, 0.1) is 6.04 Å². The van der Waals surface area contributed by atoms with Crippen LogP contribution in [-0.4, -0.2) is 32.1 Å². The fraction of sp³-hybridized carbons (Fsp3) is 0.476. The molecule has 0 N–H and O–H groups in total. The molecule has 1 aliphatic rings. The highest BCUT2D eigenvalue weighted by Crippen LogP contribution is 2.32. The van der Waals surface area contributed by atoms with E-state index in [1.807, 2.05) is 17.0 Å². The summed E-state index contributed by atoms with van der Waals surface area (Å²) in [4.78, 5) is 19.8. The zero-order valence-corrected chi connectivity index (χ0v) is 16.2. The van der Waals surface area contributed by atoms with E-state index < -0.39 is 0 Å². The van der Waals surface area contributed by atoms with Gasteiger partial charge in [-0.1, -0.05) is 25.1 Å². The van der Waals surface area contributed by atoms with Gasteiger partial charge >= 0.3 is 0 Å². The van der Waals surface area contributed by atoms with E-state index in [2.05, 4.69) is 46.9 Å². The summed E-state index contributed by atoms with van der Waals surface area (Å²) >= 11 is 0. The Morgan fingerprint density at radius 1 is 1.30 bits per heavy atom. The van der Waals surface area contributed by atoms with Gasteiger partial charge in [0.15, 0.2) is 5.82 Å². The summed E-state index contributed by atoms with van der Waals surface area (Å²) in [6.07, 6.45) is 5.02. The van der Waals surface area contributed by atoms with E-state index in [1.165, 1.54) is 0 Å². The number of aryl methyl sites for hydroxylation is 1. The minimum absolute atomic E-state index is 0.0510. The van der Waals surface area contributed by atoms with Crippen LogP contribution in [0.4, 0.5) is 0 Å². The molecule has 0 spiro atoms. The first kappa shape index (κ1) is 17.8. The van der Waals surface area contributed by atoms with E-state index in [9.17, 15) is 4.79 Å². The van der Waals surface area contributed by atoms with Gasteiger partial charge in [-0.25, -0.2) is 0 Å². The molecule has 0 bridgehead atoms. The first-order valence-electron chi connectivity index (χ1n) is 9.73. The summed E-state index contributed by atoms with van der Waals surface area (Å²) in [5.41, 5.74) is 1.86. The number of nitrogens with zero attached hydrogens (tertiary/aromatic N) is 4. The highest BCUT2D eigenvalue weighted by Gasteiger charge is 2.32. The predicted octanol–water partition coefficient (Wildman–Crippen LogP) is 4.36. The average Bonchev–Trinajstić information content (AvgIpc) is 3.27. The molecule has 1 fully saturated rings. The number of hydrogen-bond acceptors (Lipinski definition) is 4. The summed E-state index contributed by atoms with van der Waals surface area (Å²) in [6, 6.07) is 7.94. The van der Waals surface area contributed by atoms with Crippen LogP contribution in [0.2, 0.25) is 0 Å². The molecule has 1 saturated heterocycles. The highest BCUT2D eigenvalue weighted by atomic mass is 16.5. The van der Waals surface area contributed by atoms with E-state index in [0.717, 1.165) is 48.8 Å². The van der Waals surface area contributed by atoms with Crippen LogP contribution in [0.1, 0.15) is 61.2 Å². The van der Waals surface area contributed by atoms with Gasteiger partial charge in [-0.15, -0.1) is 0 Å². The second kappa shape index (κ2) is 7.18. The maximum Gasteiger partial charge on any atom is 0.255 e. The fourth-order valence-corrected chi connectivity index (χ4v) is 4.01. The maximum absolute atomic E-state index is 13.5. The van der Waals surface area contributed by atoms with Crippen molar-refractivity contribution < 1.29 is 9.32 Å². The molecule has 27 heavy (non-hydrogen) atoms. The molecular weight excluding hydrogens is 340 g/mol. The molecule has 6 nitrogen and oxygen atoms in total. The van der Waals surface area contributed by atoms with Crippen molar-refractivity contribution in [3.63, 3.8) is 0 Å². The molecule has 3 heterocycles. The topological polar surface area (TPSA) is 64.2 Å². The van der Waals surface area contributed by atoms with E-state index in [4.69, 9.17) is 4.52 Å². The van der Waals surface area contributed by atoms with Crippen LogP contribution < -0.4 is 0 Å². The number of rotatable bonds is 4. The van der Waals surface area contributed by atoms with Crippen molar-refractivity contribution >= 4 is 16.8 Å². The minimum atomic E-state index is -0.114. The van der Waals surface area contributed by atoms with Gasteiger partial charge in [0.2, 0.25) is 5.89 Å². The second-order valence-corrected chi connectivity index (χ2v) is 7.78. The second-order valence-electron chi connectivity index (χ2n) is 7.78. The Hall–Kier alpha value is -2.63. The number of aromatic nitrogens is 3. The molecule has 6 heteroatoms. The van der Waals surface area contributed by atoms with Crippen molar-refractivity contribution in [3.05, 3.63) is 47.7 Å². The Morgan fingerprint density at radius 2 is 2.15 bits per heavy atom. The number of carbonyl (C=O) groups is 1. The van der Waals surface area contributed by atoms with Crippen molar-refractivity contribution in [2.75, 3.05) is 6.54 Å². The van der Waals surface area contributed by atoms with Crippen molar-refractivity contribution in [1.29, 1.82) is 0 Å². The van der Waals surface area contributed by atoms with Crippen molar-refractivity contribution in [2.24, 2.45) is 5.92 Å². The third-order valence-corrected chi connectivity index (χ3v) is 5.21. The molecule has 142 valence electrons. The fourth-order valence-electron chi connectivity index (χ4n) is 4.01. The third-order valence-electron chi connectivity index (χ3n) is 5.21. The lowest BCUT2D eigenvalue weighted by atomic mass is 9.99. The molecule has 2 aromatic heterocycles. The van der Waals surface area contributed by atoms with Gasteiger partial charge in [0, 0.05) is 42.7 Å². The Bertz CT molecular complexity index is 956. The van der Waals surface area contributed by atoms with Gasteiger partial charge < -0.3 is 14.0 Å². The lowest BCUT2D eigenvalue weighted by Crippen LogP contribution is -2.39. The van der Waals surface area contributed by atoms with Gasteiger partial charge in [0.1, 0.15) is 0 Å². The average molecular weight is 366 g/mol. The number of amides is 1. The molecule has 0 saturated carbocycles. The highest BCUT2D eigenvalue weighted by molar-refractivity contribution is 6.06. The lowest BCUT2D eigenvalue weighted by molar-refractivity contribution is 0.0599. The summed E-state index contributed by atoms with van der Waals surface area (Å²) < 4.78 is 7.39. The normalized spacial score (nSPS) is 17.8. The number of piperidine rings is 1. The van der Waals surface area contributed by atoms with E-state index in [1.54, 1.807) is 6.92 Å². The number of likely N-dealkylation sites (tertiary alicyclic amines) is 1. The van der Waals surface area contributed by atoms with Gasteiger partial charge in [-0.2, -0.15) is 4.98 Å².